The molecule has 3 aromatic rings. The number of alkyl halides is 1. The first kappa shape index (κ1) is 42.4. The van der Waals surface area contributed by atoms with Crippen LogP contribution < -0.4 is 0 Å². The summed E-state index contributed by atoms with van der Waals surface area (Å²) in [6.45, 7) is 6.91. The Morgan fingerprint density at radius 3 is 0.800 bits per heavy atom. The monoisotopic (exact) mass is 699 g/mol. The Morgan fingerprint density at radius 1 is 0.320 bits per heavy atom. The number of aryl methyl sites for hydroxylation is 3. The first-order chi connectivity index (χ1) is 24.7. The molecule has 0 aliphatic heterocycles. The van der Waals surface area contributed by atoms with Crippen LogP contribution in [-0.2, 0) is 24.1 Å². The molecule has 278 valence electrons. The van der Waals surface area contributed by atoms with Crippen molar-refractivity contribution in [3.63, 3.8) is 0 Å². The topological polar surface area (TPSA) is 0 Å². The molecule has 0 radical (unpaired) electrons. The van der Waals surface area contributed by atoms with Crippen LogP contribution >= 0.6 is 11.6 Å². The normalized spacial score (nSPS) is 11.8. The summed E-state index contributed by atoms with van der Waals surface area (Å²) in [6.07, 6.45) is 35.5. The van der Waals surface area contributed by atoms with E-state index in [9.17, 15) is 0 Å². The molecule has 0 bridgehead atoms. The van der Waals surface area contributed by atoms with Gasteiger partial charge in [0.25, 0.3) is 0 Å². The van der Waals surface area contributed by atoms with Crippen molar-refractivity contribution in [3.8, 4) is 0 Å². The summed E-state index contributed by atoms with van der Waals surface area (Å²) in [5.41, 5.74) is 8.19. The van der Waals surface area contributed by atoms with Gasteiger partial charge in [-0.05, 0) is 71.9 Å². The van der Waals surface area contributed by atoms with E-state index in [0.29, 0.717) is 0 Å². The highest BCUT2D eigenvalue weighted by Gasteiger charge is 2.38. The lowest BCUT2D eigenvalue weighted by Gasteiger charge is -2.35. The van der Waals surface area contributed by atoms with Gasteiger partial charge < -0.3 is 0 Å². The van der Waals surface area contributed by atoms with Crippen molar-refractivity contribution in [2.24, 2.45) is 0 Å². The molecule has 0 atom stereocenters. The van der Waals surface area contributed by atoms with Gasteiger partial charge in [0.05, 0.1) is 0 Å². The highest BCUT2D eigenvalue weighted by molar-refractivity contribution is 6.28. The Hall–Kier alpha value is -2.05. The summed E-state index contributed by atoms with van der Waals surface area (Å²) in [6, 6.07) is 27.6. The molecule has 0 saturated carbocycles. The van der Waals surface area contributed by atoms with Crippen LogP contribution in [-0.4, -0.2) is 0 Å². The molecule has 0 aromatic heterocycles. The number of benzene rings is 3. The summed E-state index contributed by atoms with van der Waals surface area (Å²) in [5.74, 6) is 0. The van der Waals surface area contributed by atoms with Crippen LogP contribution in [0.25, 0.3) is 0 Å². The zero-order valence-corrected chi connectivity index (χ0v) is 33.7. The lowest BCUT2D eigenvalue weighted by Crippen LogP contribution is -2.27. The van der Waals surface area contributed by atoms with Crippen molar-refractivity contribution in [2.45, 2.75) is 199 Å². The van der Waals surface area contributed by atoms with Crippen molar-refractivity contribution < 1.29 is 0 Å². The van der Waals surface area contributed by atoms with Crippen molar-refractivity contribution in [2.75, 3.05) is 0 Å². The Kier molecular flexibility index (Phi) is 22.6. The molecule has 3 rings (SSSR count). The third-order valence-corrected chi connectivity index (χ3v) is 11.7. The van der Waals surface area contributed by atoms with Gasteiger partial charge in [-0.3, -0.25) is 0 Å². The van der Waals surface area contributed by atoms with Gasteiger partial charge in [0.15, 0.2) is 0 Å². The number of rotatable bonds is 30. The quantitative estimate of drug-likeness (QED) is 0.0369. The molecule has 50 heavy (non-hydrogen) atoms. The lowest BCUT2D eigenvalue weighted by atomic mass is 9.76. The van der Waals surface area contributed by atoms with Gasteiger partial charge in [0.2, 0.25) is 0 Å². The van der Waals surface area contributed by atoms with Crippen LogP contribution in [0.5, 0.6) is 0 Å². The highest BCUT2D eigenvalue weighted by atomic mass is 35.5. The van der Waals surface area contributed by atoms with Gasteiger partial charge in [-0.1, -0.05) is 228 Å². The average Bonchev–Trinajstić information content (AvgIpc) is 3.15. The van der Waals surface area contributed by atoms with Crippen LogP contribution in [0.15, 0.2) is 72.8 Å². The maximum Gasteiger partial charge on any atom is 0.120 e. The molecule has 0 aliphatic rings. The van der Waals surface area contributed by atoms with Crippen LogP contribution in [0.3, 0.4) is 0 Å². The molecule has 0 nitrogen and oxygen atoms in total. The second kappa shape index (κ2) is 26.7. The maximum atomic E-state index is 8.36. The van der Waals surface area contributed by atoms with Gasteiger partial charge in [0, 0.05) is 0 Å². The van der Waals surface area contributed by atoms with E-state index in [-0.39, 0.29) is 0 Å². The molecular formula is C49H75Cl. The fourth-order valence-electron chi connectivity index (χ4n) is 8.01. The fourth-order valence-corrected chi connectivity index (χ4v) is 8.56. The highest BCUT2D eigenvalue weighted by Crippen LogP contribution is 2.48. The van der Waals surface area contributed by atoms with E-state index in [1.54, 1.807) is 0 Å². The molecule has 3 aromatic carbocycles. The summed E-state index contributed by atoms with van der Waals surface area (Å²) in [7, 11) is 0. The first-order valence-corrected chi connectivity index (χ1v) is 22.0. The Morgan fingerprint density at radius 2 is 0.540 bits per heavy atom. The van der Waals surface area contributed by atoms with Gasteiger partial charge in [-0.2, -0.15) is 0 Å². The standard InChI is InChI=1S/C49H75Cl/c1-4-7-10-13-16-19-22-25-34-43-37-28-31-40-46(43)49(50,47-41-32-29-38-44(47)35-26-23-20-17-14-11-8-5-2)48-42-33-30-39-45(48)36-27-24-21-18-15-12-9-6-3/h28-33,37-42H,4-27,34-36H2,1-3H3. The second-order valence-corrected chi connectivity index (χ2v) is 15.9. The molecule has 0 aliphatic carbocycles. The third-order valence-electron chi connectivity index (χ3n) is 11.1. The summed E-state index contributed by atoms with van der Waals surface area (Å²) in [4.78, 5) is -0.704. The largest absolute Gasteiger partial charge is 0.120 e. The van der Waals surface area contributed by atoms with Gasteiger partial charge >= 0.3 is 0 Å². The van der Waals surface area contributed by atoms with Crippen molar-refractivity contribution >= 4 is 11.6 Å². The molecular weight excluding hydrogens is 624 g/mol. The maximum absolute atomic E-state index is 8.36. The van der Waals surface area contributed by atoms with Crippen LogP contribution in [0, 0.1) is 0 Å². The lowest BCUT2D eigenvalue weighted by molar-refractivity contribution is 0.572. The number of hydrogen-bond donors (Lipinski definition) is 0. The Balaban J connectivity index is 1.86. The van der Waals surface area contributed by atoms with E-state index < -0.39 is 4.87 Å². The summed E-state index contributed by atoms with van der Waals surface area (Å²) in [5, 5.41) is 0. The molecule has 0 heterocycles. The van der Waals surface area contributed by atoms with Crippen molar-refractivity contribution in [3.05, 3.63) is 106 Å². The van der Waals surface area contributed by atoms with E-state index >= 15 is 0 Å². The number of halogens is 1. The van der Waals surface area contributed by atoms with E-state index in [0.717, 1.165) is 19.3 Å². The molecule has 0 spiro atoms. The van der Waals surface area contributed by atoms with E-state index in [2.05, 4.69) is 93.6 Å². The zero-order valence-electron chi connectivity index (χ0n) is 32.9. The van der Waals surface area contributed by atoms with Crippen LogP contribution in [0.4, 0.5) is 0 Å². The zero-order chi connectivity index (χ0) is 35.5. The van der Waals surface area contributed by atoms with E-state index in [4.69, 9.17) is 11.6 Å². The Labute approximate surface area is 315 Å². The summed E-state index contributed by atoms with van der Waals surface area (Å²) >= 11 is 8.36. The smallest absolute Gasteiger partial charge is 0.104 e. The number of hydrogen-bond acceptors (Lipinski definition) is 0. The molecule has 1 heteroatoms. The first-order valence-electron chi connectivity index (χ1n) is 21.6. The van der Waals surface area contributed by atoms with E-state index in [1.807, 2.05) is 0 Å². The Bertz CT molecular complexity index is 1100. The van der Waals surface area contributed by atoms with Gasteiger partial charge in [-0.25, -0.2) is 0 Å². The third kappa shape index (κ3) is 14.9. The number of unbranched alkanes of at least 4 members (excludes halogenated alkanes) is 21. The van der Waals surface area contributed by atoms with Crippen LogP contribution in [0.1, 0.15) is 208 Å². The van der Waals surface area contributed by atoms with Gasteiger partial charge in [-0.15, -0.1) is 11.6 Å². The minimum atomic E-state index is -0.704. The minimum Gasteiger partial charge on any atom is -0.104 e. The molecule has 0 unspecified atom stereocenters. The van der Waals surface area contributed by atoms with Gasteiger partial charge in [0.1, 0.15) is 4.87 Å². The average molecular weight is 700 g/mol. The van der Waals surface area contributed by atoms with Crippen molar-refractivity contribution in [1.82, 2.24) is 0 Å². The minimum absolute atomic E-state index is 0.704. The predicted octanol–water partition coefficient (Wildman–Crippen LogP) is 16.3. The molecule has 0 saturated heterocycles. The molecule has 0 amide bonds. The molecule has 0 fully saturated rings. The molecule has 0 N–H and O–H groups in total. The second-order valence-electron chi connectivity index (χ2n) is 15.3. The van der Waals surface area contributed by atoms with E-state index in [1.165, 1.54) is 187 Å². The van der Waals surface area contributed by atoms with Crippen molar-refractivity contribution in [1.29, 1.82) is 0 Å². The SMILES string of the molecule is CCCCCCCCCCc1ccccc1C(Cl)(c1ccccc1CCCCCCCCCC)c1ccccc1CCCCCCCCCC. The fraction of sp³-hybridized carbons (Fsp3) is 0.633. The predicted molar refractivity (Wildman–Crippen MR) is 224 cm³/mol. The van der Waals surface area contributed by atoms with Crippen LogP contribution in [0.2, 0.25) is 0 Å². The summed E-state index contributed by atoms with van der Waals surface area (Å²) < 4.78 is 0.